The molecule has 0 bridgehead atoms. The number of nitrogens with one attached hydrogen (secondary N) is 1. The molecule has 3 aliphatic heterocycles. The van der Waals surface area contributed by atoms with Crippen LogP contribution < -0.4 is 21.3 Å². The molecule has 5 amide bonds. The molecule has 1 N–H and O–H groups in total. The smallest absolute Gasteiger partial charge is 0.333 e. The third-order valence-electron chi connectivity index (χ3n) is 6.52. The van der Waals surface area contributed by atoms with Crippen molar-refractivity contribution in [1.29, 1.82) is 0 Å². The van der Waals surface area contributed by atoms with Crippen LogP contribution in [0.2, 0.25) is 5.02 Å². The molecule has 1 saturated heterocycles. The van der Waals surface area contributed by atoms with Gasteiger partial charge in [0.25, 0.3) is 23.0 Å². The molecule has 0 saturated carbocycles. The summed E-state index contributed by atoms with van der Waals surface area (Å²) in [5.74, 6) is -3.66. The van der Waals surface area contributed by atoms with E-state index in [4.69, 9.17) is 16.3 Å². The molecule has 1 fully saturated rings. The second kappa shape index (κ2) is 6.10. The van der Waals surface area contributed by atoms with Gasteiger partial charge in [0.1, 0.15) is 5.56 Å². The minimum Gasteiger partial charge on any atom is -0.449 e. The summed E-state index contributed by atoms with van der Waals surface area (Å²) in [6.45, 7) is 0. The Balaban J connectivity index is 2.04. The van der Waals surface area contributed by atoms with E-state index >= 15 is 0 Å². The molecule has 1 aromatic carbocycles. The van der Waals surface area contributed by atoms with Gasteiger partial charge in [-0.2, -0.15) is 0 Å². The van der Waals surface area contributed by atoms with Gasteiger partial charge < -0.3 is 10.1 Å². The van der Waals surface area contributed by atoms with Crippen molar-refractivity contribution in [1.82, 2.24) is 18.9 Å². The van der Waals surface area contributed by atoms with E-state index in [9.17, 15) is 28.8 Å². The van der Waals surface area contributed by atoms with Crippen LogP contribution in [0.15, 0.2) is 27.8 Å². The second-order valence-corrected chi connectivity index (χ2v) is 8.51. The largest absolute Gasteiger partial charge is 0.449 e. The van der Waals surface area contributed by atoms with E-state index < -0.39 is 51.9 Å². The molecular weight excluding hydrogens is 458 g/mol. The molecule has 0 radical (unpaired) electrons. The zero-order chi connectivity index (χ0) is 24.2. The van der Waals surface area contributed by atoms with Crippen LogP contribution in [0.25, 0.3) is 0 Å². The maximum absolute atomic E-state index is 13.8. The van der Waals surface area contributed by atoms with Crippen LogP contribution in [0.3, 0.4) is 0 Å². The van der Waals surface area contributed by atoms with Crippen LogP contribution in [0, 0.1) is 0 Å². The number of likely N-dealkylation sites (N-methyl/N-ethyl adjacent to an activating group) is 2. The topological polar surface area (TPSA) is 140 Å². The minimum atomic E-state index is -2.72. The molecule has 3 aliphatic rings. The zero-order valence-electron chi connectivity index (χ0n) is 17.8. The zero-order valence-corrected chi connectivity index (χ0v) is 18.5. The van der Waals surface area contributed by atoms with E-state index in [1.54, 1.807) is 0 Å². The molecule has 2 aromatic rings. The predicted molar refractivity (Wildman–Crippen MR) is 112 cm³/mol. The lowest BCUT2D eigenvalue weighted by atomic mass is 9.63. The summed E-state index contributed by atoms with van der Waals surface area (Å²) in [4.78, 5) is 81.0. The molecular formula is C20H16ClN5O7. The number of benzene rings is 1. The van der Waals surface area contributed by atoms with E-state index in [0.717, 1.165) is 23.2 Å². The molecule has 33 heavy (non-hydrogen) atoms. The Bertz CT molecular complexity index is 1450. The van der Waals surface area contributed by atoms with Gasteiger partial charge in [0.05, 0.1) is 0 Å². The summed E-state index contributed by atoms with van der Waals surface area (Å²) in [5, 5.41) is 2.75. The second-order valence-electron chi connectivity index (χ2n) is 8.07. The quantitative estimate of drug-likeness (QED) is 0.492. The van der Waals surface area contributed by atoms with Gasteiger partial charge in [-0.1, -0.05) is 11.6 Å². The highest BCUT2D eigenvalue weighted by atomic mass is 35.5. The SMILES string of the molecule is CN1C(=O)N(C)C(=O)C2(Oc3c(c(=O)n(C)c(=O)n3C)C23C(=O)Nc2ccc(Cl)cc23)C1=O. The molecule has 1 unspecified atom stereocenters. The average Bonchev–Trinajstić information content (AvgIpc) is 3.27. The normalized spacial score (nSPS) is 22.7. The monoisotopic (exact) mass is 473 g/mol. The summed E-state index contributed by atoms with van der Waals surface area (Å²) < 4.78 is 7.59. The van der Waals surface area contributed by atoms with Gasteiger partial charge in [-0.25, -0.2) is 9.59 Å². The lowest BCUT2D eigenvalue weighted by molar-refractivity contribution is -0.170. The molecule has 170 valence electrons. The van der Waals surface area contributed by atoms with Gasteiger partial charge in [-0.15, -0.1) is 0 Å². The van der Waals surface area contributed by atoms with E-state index in [0.29, 0.717) is 9.80 Å². The number of ether oxygens (including phenoxy) is 1. The Morgan fingerprint density at radius 1 is 0.909 bits per heavy atom. The lowest BCUT2D eigenvalue weighted by Crippen LogP contribution is -2.76. The molecule has 1 aromatic heterocycles. The molecule has 5 rings (SSSR count). The third kappa shape index (κ3) is 2.02. The minimum absolute atomic E-state index is 0.0346. The Morgan fingerprint density at radius 3 is 2.12 bits per heavy atom. The maximum atomic E-state index is 13.8. The van der Waals surface area contributed by atoms with Crippen LogP contribution >= 0.6 is 11.6 Å². The van der Waals surface area contributed by atoms with E-state index in [-0.39, 0.29) is 21.8 Å². The van der Waals surface area contributed by atoms with E-state index in [1.165, 1.54) is 32.3 Å². The first-order valence-electron chi connectivity index (χ1n) is 9.64. The van der Waals surface area contributed by atoms with Crippen molar-refractivity contribution >= 4 is 41.0 Å². The number of barbiturate groups is 1. The van der Waals surface area contributed by atoms with Crippen molar-refractivity contribution < 1.29 is 23.9 Å². The summed E-state index contributed by atoms with van der Waals surface area (Å²) in [6.07, 6.45) is 0. The molecule has 4 heterocycles. The fourth-order valence-corrected chi connectivity index (χ4v) is 5.08. The third-order valence-corrected chi connectivity index (χ3v) is 6.76. The number of halogens is 1. The number of hydrogen-bond donors (Lipinski definition) is 1. The number of rotatable bonds is 0. The lowest BCUT2D eigenvalue weighted by Gasteiger charge is -2.44. The van der Waals surface area contributed by atoms with Crippen LogP contribution in [0.5, 0.6) is 5.88 Å². The average molecular weight is 474 g/mol. The van der Waals surface area contributed by atoms with Crippen molar-refractivity contribution in [3.8, 4) is 5.88 Å². The number of carbonyl (C=O) groups excluding carboxylic acids is 4. The predicted octanol–water partition coefficient (Wildman–Crippen LogP) is -0.843. The number of fused-ring (bicyclic) bond motifs is 5. The van der Waals surface area contributed by atoms with Crippen LogP contribution in [-0.4, -0.2) is 62.4 Å². The number of imide groups is 2. The Morgan fingerprint density at radius 2 is 1.52 bits per heavy atom. The number of anilines is 1. The Labute approximate surface area is 189 Å². The highest BCUT2D eigenvalue weighted by Crippen LogP contribution is 2.58. The first-order chi connectivity index (χ1) is 15.4. The van der Waals surface area contributed by atoms with Crippen LogP contribution in [0.1, 0.15) is 11.1 Å². The van der Waals surface area contributed by atoms with Gasteiger partial charge in [-0.05, 0) is 18.2 Å². The molecule has 0 aliphatic carbocycles. The van der Waals surface area contributed by atoms with Crippen molar-refractivity contribution in [2.24, 2.45) is 14.1 Å². The standard InChI is InChI=1S/C20H16ClN5O7/c1-23-12(27)11-13(24(2)17(23)31)33-20(15(29)25(3)18(32)26(4)16(20)30)19(11)9-7-8(21)5-6-10(9)22-14(19)28/h5-7H,1-4H3,(H,22,28). The van der Waals surface area contributed by atoms with Crippen molar-refractivity contribution in [2.45, 2.75) is 11.0 Å². The summed E-state index contributed by atoms with van der Waals surface area (Å²) in [7, 11) is 4.72. The molecule has 12 nitrogen and oxygen atoms in total. The highest BCUT2D eigenvalue weighted by Gasteiger charge is 2.80. The van der Waals surface area contributed by atoms with Crippen molar-refractivity contribution in [3.63, 3.8) is 0 Å². The Kier molecular flexibility index (Phi) is 3.87. The first-order valence-corrected chi connectivity index (χ1v) is 10.0. The van der Waals surface area contributed by atoms with E-state index in [1.807, 2.05) is 0 Å². The number of nitrogens with zero attached hydrogens (tertiary/aromatic N) is 4. The fraction of sp³-hybridized carbons (Fsp3) is 0.300. The van der Waals surface area contributed by atoms with Gasteiger partial charge in [0.15, 0.2) is 5.41 Å². The molecule has 2 spiro atoms. The number of carbonyl (C=O) groups is 4. The highest BCUT2D eigenvalue weighted by molar-refractivity contribution is 6.32. The molecule has 13 heteroatoms. The van der Waals surface area contributed by atoms with E-state index in [2.05, 4.69) is 5.32 Å². The number of hydrogen-bond acceptors (Lipinski definition) is 7. The van der Waals surface area contributed by atoms with Gasteiger partial charge in [0.2, 0.25) is 11.8 Å². The summed E-state index contributed by atoms with van der Waals surface area (Å²) in [6, 6.07) is 3.33. The number of amides is 5. The van der Waals surface area contributed by atoms with Crippen molar-refractivity contribution in [3.05, 3.63) is 55.2 Å². The maximum Gasteiger partial charge on any atom is 0.333 e. The Hall–Kier alpha value is -3.93. The molecule has 1 atom stereocenters. The van der Waals surface area contributed by atoms with Gasteiger partial charge in [0, 0.05) is 44.5 Å². The number of urea groups is 1. The first kappa shape index (κ1) is 20.9. The number of aromatic nitrogens is 2. The van der Waals surface area contributed by atoms with Gasteiger partial charge >= 0.3 is 11.7 Å². The van der Waals surface area contributed by atoms with Gasteiger partial charge in [-0.3, -0.25) is 38.1 Å². The fourth-order valence-electron chi connectivity index (χ4n) is 4.91. The van der Waals surface area contributed by atoms with Crippen molar-refractivity contribution in [2.75, 3.05) is 19.4 Å². The summed E-state index contributed by atoms with van der Waals surface area (Å²) in [5.41, 5.74) is -6.97. The summed E-state index contributed by atoms with van der Waals surface area (Å²) >= 11 is 6.20. The van der Waals surface area contributed by atoms with Crippen LogP contribution in [0.4, 0.5) is 10.5 Å². The van der Waals surface area contributed by atoms with Crippen LogP contribution in [-0.2, 0) is 33.9 Å².